The molecule has 218 valence electrons. The zero-order chi connectivity index (χ0) is 30.0. The number of methoxy groups -OCH3 is 2. The van der Waals surface area contributed by atoms with Crippen LogP contribution in [0.4, 0.5) is 5.69 Å². The molecule has 0 aliphatic carbocycles. The van der Waals surface area contributed by atoms with Crippen molar-refractivity contribution >= 4 is 17.6 Å². The van der Waals surface area contributed by atoms with Gasteiger partial charge in [-0.25, -0.2) is 4.79 Å². The zero-order valence-corrected chi connectivity index (χ0v) is 23.9. The Labute approximate surface area is 249 Å². The van der Waals surface area contributed by atoms with Crippen LogP contribution < -0.4 is 14.8 Å². The second-order valence-corrected chi connectivity index (χ2v) is 9.67. The van der Waals surface area contributed by atoms with E-state index >= 15 is 0 Å². The first-order valence-corrected chi connectivity index (χ1v) is 13.7. The number of pyridine rings is 1. The molecule has 1 amide bonds. The first kappa shape index (κ1) is 29.0. The van der Waals surface area contributed by atoms with Crippen LogP contribution in [0.15, 0.2) is 97.3 Å². The average molecular weight is 578 g/mol. The lowest BCUT2D eigenvalue weighted by atomic mass is 10.1. The summed E-state index contributed by atoms with van der Waals surface area (Å²) in [5.41, 5.74) is 3.82. The van der Waals surface area contributed by atoms with Crippen LogP contribution in [-0.2, 0) is 28.9 Å². The largest absolute Gasteiger partial charge is 0.497 e. The number of rotatable bonds is 12. The van der Waals surface area contributed by atoms with Crippen LogP contribution in [0, 0.1) is 0 Å². The molecule has 0 aliphatic heterocycles. The summed E-state index contributed by atoms with van der Waals surface area (Å²) in [6, 6.07) is 27.1. The number of hydrogen-bond donors (Lipinski definition) is 1. The summed E-state index contributed by atoms with van der Waals surface area (Å²) >= 11 is 0. The van der Waals surface area contributed by atoms with Gasteiger partial charge in [0.25, 0.3) is 5.91 Å². The maximum atomic E-state index is 12.4. The van der Waals surface area contributed by atoms with E-state index in [1.54, 1.807) is 19.2 Å². The van der Waals surface area contributed by atoms with E-state index < -0.39 is 11.9 Å². The Morgan fingerprint density at radius 2 is 1.56 bits per heavy atom. The molecule has 0 atom stereocenters. The van der Waals surface area contributed by atoms with E-state index in [4.69, 9.17) is 9.47 Å². The summed E-state index contributed by atoms with van der Waals surface area (Å²) in [5, 5.41) is 11.8. The van der Waals surface area contributed by atoms with E-state index in [0.29, 0.717) is 18.0 Å². The summed E-state index contributed by atoms with van der Waals surface area (Å²) in [7, 11) is 2.94. The highest BCUT2D eigenvalue weighted by Crippen LogP contribution is 2.24. The minimum absolute atomic E-state index is 0.221. The predicted octanol–water partition coefficient (Wildman–Crippen LogP) is 4.99. The third-order valence-corrected chi connectivity index (χ3v) is 6.73. The number of ether oxygens (including phenoxy) is 3. The third-order valence-electron chi connectivity index (χ3n) is 6.73. The molecule has 0 fully saturated rings. The zero-order valence-electron chi connectivity index (χ0n) is 23.9. The minimum Gasteiger partial charge on any atom is -0.497 e. The van der Waals surface area contributed by atoms with E-state index in [1.807, 2.05) is 42.5 Å². The van der Waals surface area contributed by atoms with Gasteiger partial charge < -0.3 is 24.1 Å². The lowest BCUT2D eigenvalue weighted by Gasteiger charge is -2.12. The Kier molecular flexibility index (Phi) is 9.38. The molecule has 0 saturated heterocycles. The number of anilines is 1. The minimum atomic E-state index is -0.538. The Bertz CT molecular complexity index is 1670. The molecule has 5 rings (SSSR count). The fourth-order valence-corrected chi connectivity index (χ4v) is 4.50. The topological polar surface area (TPSA) is 117 Å². The number of nitrogens with zero attached hydrogens (tertiary/aromatic N) is 4. The van der Waals surface area contributed by atoms with Crippen molar-refractivity contribution in [2.24, 2.45) is 0 Å². The fourth-order valence-electron chi connectivity index (χ4n) is 4.50. The third kappa shape index (κ3) is 7.62. The molecule has 10 nitrogen and oxygen atoms in total. The van der Waals surface area contributed by atoms with Gasteiger partial charge in [0.2, 0.25) is 0 Å². The van der Waals surface area contributed by atoms with E-state index in [0.717, 1.165) is 41.4 Å². The smallest absolute Gasteiger partial charge is 0.339 e. The summed E-state index contributed by atoms with van der Waals surface area (Å²) in [6.45, 7) is 0.410. The van der Waals surface area contributed by atoms with Crippen molar-refractivity contribution in [3.05, 3.63) is 120 Å². The molecular formula is C33H31N5O5. The molecule has 0 aliphatic rings. The monoisotopic (exact) mass is 577 g/mol. The number of carbonyl (C=O) groups is 2. The molecule has 0 spiro atoms. The molecule has 0 unspecified atom stereocenters. The van der Waals surface area contributed by atoms with Crippen LogP contribution in [0.25, 0.3) is 11.4 Å². The standard InChI is InChI=1S/C33H31N5O5/c1-41-28-13-8-23(9-14-28)10-17-30-36-37-32(38(30)21-24-6-4-3-5-7-24)25-11-15-29(16-12-25)43-22-31(39)35-27-18-26(19-34-20-27)33(40)42-2/h3-9,11-16,18-20H,10,17,21-22H2,1-2H3,(H,35,39). The summed E-state index contributed by atoms with van der Waals surface area (Å²) in [4.78, 5) is 28.1. The number of benzene rings is 3. The molecule has 0 saturated carbocycles. The van der Waals surface area contributed by atoms with Crippen molar-refractivity contribution in [3.8, 4) is 22.9 Å². The SMILES string of the molecule is COC(=O)c1cncc(NC(=O)COc2ccc(-c3nnc(CCc4ccc(OC)cc4)n3Cc3ccccc3)cc2)c1. The van der Waals surface area contributed by atoms with E-state index in [1.165, 1.54) is 31.1 Å². The normalized spacial score (nSPS) is 10.7. The van der Waals surface area contributed by atoms with Crippen molar-refractivity contribution in [1.29, 1.82) is 0 Å². The molecule has 0 bridgehead atoms. The average Bonchev–Trinajstić information content (AvgIpc) is 3.45. The van der Waals surface area contributed by atoms with Gasteiger partial charge in [-0.1, -0.05) is 42.5 Å². The molecule has 43 heavy (non-hydrogen) atoms. The van der Waals surface area contributed by atoms with Crippen molar-refractivity contribution in [1.82, 2.24) is 19.7 Å². The Hall–Kier alpha value is -5.51. The number of amides is 1. The van der Waals surface area contributed by atoms with Gasteiger partial charge in [0.05, 0.1) is 38.2 Å². The highest BCUT2D eigenvalue weighted by atomic mass is 16.5. The van der Waals surface area contributed by atoms with Crippen LogP contribution in [0.1, 0.15) is 27.3 Å². The van der Waals surface area contributed by atoms with Crippen molar-refractivity contribution in [2.45, 2.75) is 19.4 Å². The van der Waals surface area contributed by atoms with Crippen LogP contribution in [-0.4, -0.2) is 52.5 Å². The second-order valence-electron chi connectivity index (χ2n) is 9.67. The van der Waals surface area contributed by atoms with Gasteiger partial charge in [0, 0.05) is 18.2 Å². The lowest BCUT2D eigenvalue weighted by Crippen LogP contribution is -2.20. The molecule has 1 N–H and O–H groups in total. The Balaban J connectivity index is 1.26. The summed E-state index contributed by atoms with van der Waals surface area (Å²) in [6.07, 6.45) is 4.34. The van der Waals surface area contributed by atoms with E-state index in [9.17, 15) is 9.59 Å². The number of esters is 1. The summed E-state index contributed by atoms with van der Waals surface area (Å²) < 4.78 is 17.8. The van der Waals surface area contributed by atoms with Crippen molar-refractivity contribution < 1.29 is 23.8 Å². The van der Waals surface area contributed by atoms with Gasteiger partial charge in [-0.05, 0) is 60.0 Å². The lowest BCUT2D eigenvalue weighted by molar-refractivity contribution is -0.118. The number of nitrogens with one attached hydrogen (secondary N) is 1. The van der Waals surface area contributed by atoms with Gasteiger partial charge in [0.15, 0.2) is 12.4 Å². The van der Waals surface area contributed by atoms with Crippen molar-refractivity contribution in [3.63, 3.8) is 0 Å². The number of aromatic nitrogens is 4. The van der Waals surface area contributed by atoms with Crippen molar-refractivity contribution in [2.75, 3.05) is 26.1 Å². The van der Waals surface area contributed by atoms with Gasteiger partial charge in [0.1, 0.15) is 17.3 Å². The molecule has 3 aromatic carbocycles. The van der Waals surface area contributed by atoms with Gasteiger partial charge in [-0.2, -0.15) is 0 Å². The van der Waals surface area contributed by atoms with Crippen LogP contribution in [0.5, 0.6) is 11.5 Å². The highest BCUT2D eigenvalue weighted by Gasteiger charge is 2.15. The Morgan fingerprint density at radius 3 is 2.28 bits per heavy atom. The first-order valence-electron chi connectivity index (χ1n) is 13.7. The van der Waals surface area contributed by atoms with Crippen LogP contribution in [0.3, 0.4) is 0 Å². The second kappa shape index (κ2) is 13.9. The van der Waals surface area contributed by atoms with Gasteiger partial charge in [-0.3, -0.25) is 9.78 Å². The molecule has 10 heteroatoms. The maximum absolute atomic E-state index is 12.4. The maximum Gasteiger partial charge on any atom is 0.339 e. The quantitative estimate of drug-likeness (QED) is 0.206. The Morgan fingerprint density at radius 1 is 0.814 bits per heavy atom. The van der Waals surface area contributed by atoms with Crippen LogP contribution in [0.2, 0.25) is 0 Å². The van der Waals surface area contributed by atoms with E-state index in [2.05, 4.69) is 54.1 Å². The molecular weight excluding hydrogens is 546 g/mol. The molecule has 2 heterocycles. The van der Waals surface area contributed by atoms with Gasteiger partial charge in [-0.15, -0.1) is 10.2 Å². The number of carbonyl (C=O) groups excluding carboxylic acids is 2. The molecule has 2 aromatic heterocycles. The molecule has 0 radical (unpaired) electrons. The summed E-state index contributed by atoms with van der Waals surface area (Å²) in [5.74, 6) is 2.05. The molecule has 5 aromatic rings. The fraction of sp³-hybridized carbons (Fsp3) is 0.182. The number of aryl methyl sites for hydroxylation is 2. The predicted molar refractivity (Wildman–Crippen MR) is 161 cm³/mol. The van der Waals surface area contributed by atoms with Gasteiger partial charge >= 0.3 is 5.97 Å². The number of hydrogen-bond acceptors (Lipinski definition) is 8. The van der Waals surface area contributed by atoms with E-state index in [-0.39, 0.29) is 12.2 Å². The first-order chi connectivity index (χ1) is 21.0. The van der Waals surface area contributed by atoms with Crippen LogP contribution >= 0.6 is 0 Å². The highest BCUT2D eigenvalue weighted by molar-refractivity contribution is 5.94.